The second-order valence-electron chi connectivity index (χ2n) is 4.99. The molecule has 1 amide bonds. The standard InChI is InChI=1S/C14H18N2O4/c1-20-13(19)14(7-3-2-4-8-14)16-12(18)10-5-6-11(17)15-9-10/h5-6,9H,2-4,7-8H2,1H3,(H,15,17)(H,16,18). The summed E-state index contributed by atoms with van der Waals surface area (Å²) in [7, 11) is 1.33. The Kier molecular flexibility index (Phi) is 4.22. The molecule has 0 radical (unpaired) electrons. The highest BCUT2D eigenvalue weighted by Gasteiger charge is 2.42. The van der Waals surface area contributed by atoms with Crippen molar-refractivity contribution in [1.82, 2.24) is 10.3 Å². The van der Waals surface area contributed by atoms with Crippen LogP contribution in [0, 0.1) is 0 Å². The Balaban J connectivity index is 2.17. The molecule has 1 aliphatic rings. The van der Waals surface area contributed by atoms with Crippen molar-refractivity contribution in [3.05, 3.63) is 23.9 Å². The molecule has 2 N–H and O–H groups in total. The molecular formula is C14H18N2O4. The van der Waals surface area contributed by atoms with E-state index in [-0.39, 0.29) is 11.8 Å². The summed E-state index contributed by atoms with van der Waals surface area (Å²) in [6.45, 7) is 0. The van der Waals surface area contributed by atoms with Gasteiger partial charge in [-0.05, 0) is 18.9 Å². The molecule has 0 atom stereocenters. The molecule has 1 saturated carbocycles. The number of pyridine rings is 1. The van der Waals surface area contributed by atoms with E-state index in [0.717, 1.165) is 19.3 Å². The van der Waals surface area contributed by atoms with E-state index in [4.69, 9.17) is 9.84 Å². The Morgan fingerprint density at radius 1 is 1.30 bits per heavy atom. The van der Waals surface area contributed by atoms with Gasteiger partial charge in [0.15, 0.2) is 0 Å². The maximum Gasteiger partial charge on any atom is 0.331 e. The minimum absolute atomic E-state index is 0.151. The summed E-state index contributed by atoms with van der Waals surface area (Å²) in [4.78, 5) is 27.9. The highest BCUT2D eigenvalue weighted by Crippen LogP contribution is 2.29. The molecule has 0 aromatic carbocycles. The van der Waals surface area contributed by atoms with Gasteiger partial charge in [-0.15, -0.1) is 0 Å². The highest BCUT2D eigenvalue weighted by molar-refractivity contribution is 5.98. The van der Waals surface area contributed by atoms with Crippen molar-refractivity contribution in [3.8, 4) is 5.88 Å². The van der Waals surface area contributed by atoms with Crippen LogP contribution in [0.15, 0.2) is 18.3 Å². The van der Waals surface area contributed by atoms with E-state index in [9.17, 15) is 9.59 Å². The molecule has 6 nitrogen and oxygen atoms in total. The molecule has 108 valence electrons. The second-order valence-corrected chi connectivity index (χ2v) is 4.99. The first-order chi connectivity index (χ1) is 9.57. The maximum atomic E-state index is 12.2. The number of carbonyl (C=O) groups excluding carboxylic acids is 2. The van der Waals surface area contributed by atoms with Gasteiger partial charge in [-0.25, -0.2) is 9.78 Å². The molecule has 1 heterocycles. The van der Waals surface area contributed by atoms with E-state index in [2.05, 4.69) is 10.3 Å². The van der Waals surface area contributed by atoms with Crippen LogP contribution in [0.5, 0.6) is 5.88 Å². The first-order valence-corrected chi connectivity index (χ1v) is 6.63. The summed E-state index contributed by atoms with van der Waals surface area (Å²) in [6.07, 6.45) is 5.24. The van der Waals surface area contributed by atoms with Crippen molar-refractivity contribution in [3.63, 3.8) is 0 Å². The zero-order valence-electron chi connectivity index (χ0n) is 11.4. The number of hydrogen-bond donors (Lipinski definition) is 2. The number of methoxy groups -OCH3 is 1. The summed E-state index contributed by atoms with van der Waals surface area (Å²) >= 11 is 0. The van der Waals surface area contributed by atoms with Gasteiger partial charge in [-0.2, -0.15) is 0 Å². The van der Waals surface area contributed by atoms with E-state index in [0.29, 0.717) is 18.4 Å². The molecule has 0 saturated heterocycles. The lowest BCUT2D eigenvalue weighted by Crippen LogP contribution is -2.56. The number of hydrogen-bond acceptors (Lipinski definition) is 5. The van der Waals surface area contributed by atoms with Crippen LogP contribution >= 0.6 is 0 Å². The predicted octanol–water partition coefficient (Wildman–Crippen LogP) is 1.39. The molecule has 1 aliphatic carbocycles. The number of amides is 1. The molecule has 0 aliphatic heterocycles. The van der Waals surface area contributed by atoms with Crippen LogP contribution < -0.4 is 5.32 Å². The maximum absolute atomic E-state index is 12.2. The van der Waals surface area contributed by atoms with E-state index >= 15 is 0 Å². The van der Waals surface area contributed by atoms with Crippen LogP contribution in [0.2, 0.25) is 0 Å². The summed E-state index contributed by atoms with van der Waals surface area (Å²) < 4.78 is 4.84. The SMILES string of the molecule is COC(=O)C1(NC(=O)c2ccc(O)nc2)CCCCC1. The number of carbonyl (C=O) groups is 2. The molecule has 1 aromatic rings. The lowest BCUT2D eigenvalue weighted by Gasteiger charge is -2.35. The topological polar surface area (TPSA) is 88.5 Å². The third-order valence-electron chi connectivity index (χ3n) is 3.65. The van der Waals surface area contributed by atoms with Gasteiger partial charge in [0.2, 0.25) is 5.88 Å². The highest BCUT2D eigenvalue weighted by atomic mass is 16.5. The summed E-state index contributed by atoms with van der Waals surface area (Å²) in [5.74, 6) is -0.941. The van der Waals surface area contributed by atoms with Gasteiger partial charge in [0, 0.05) is 12.3 Å². The Hall–Kier alpha value is -2.11. The molecule has 1 aromatic heterocycles. The van der Waals surface area contributed by atoms with Gasteiger partial charge in [0.05, 0.1) is 12.7 Å². The van der Waals surface area contributed by atoms with Crippen LogP contribution in [-0.2, 0) is 9.53 Å². The number of nitrogens with one attached hydrogen (secondary N) is 1. The minimum atomic E-state index is -0.942. The average molecular weight is 278 g/mol. The second kappa shape index (κ2) is 5.90. The van der Waals surface area contributed by atoms with Gasteiger partial charge in [0.1, 0.15) is 5.54 Å². The smallest absolute Gasteiger partial charge is 0.331 e. The van der Waals surface area contributed by atoms with Gasteiger partial charge in [-0.3, -0.25) is 4.79 Å². The zero-order valence-corrected chi connectivity index (χ0v) is 11.4. The lowest BCUT2D eigenvalue weighted by atomic mass is 9.81. The van der Waals surface area contributed by atoms with Crippen molar-refractivity contribution < 1.29 is 19.4 Å². The number of nitrogens with zero attached hydrogens (tertiary/aromatic N) is 1. The van der Waals surface area contributed by atoms with Crippen molar-refractivity contribution in [2.24, 2.45) is 0 Å². The monoisotopic (exact) mass is 278 g/mol. The number of aromatic hydroxyl groups is 1. The Bertz CT molecular complexity index is 492. The quantitative estimate of drug-likeness (QED) is 0.816. The molecule has 2 rings (SSSR count). The van der Waals surface area contributed by atoms with Gasteiger partial charge < -0.3 is 15.2 Å². The zero-order chi connectivity index (χ0) is 14.6. The molecule has 1 fully saturated rings. The predicted molar refractivity (Wildman–Crippen MR) is 71.2 cm³/mol. The third kappa shape index (κ3) is 2.89. The fraction of sp³-hybridized carbons (Fsp3) is 0.500. The Morgan fingerprint density at radius 2 is 2.00 bits per heavy atom. The number of ether oxygens (including phenoxy) is 1. The fourth-order valence-electron chi connectivity index (χ4n) is 2.54. The average Bonchev–Trinajstić information content (AvgIpc) is 2.48. The largest absolute Gasteiger partial charge is 0.493 e. The van der Waals surface area contributed by atoms with Gasteiger partial charge in [-0.1, -0.05) is 19.3 Å². The van der Waals surface area contributed by atoms with Crippen molar-refractivity contribution in [2.45, 2.75) is 37.6 Å². The Morgan fingerprint density at radius 3 is 2.55 bits per heavy atom. The molecule has 0 spiro atoms. The van der Waals surface area contributed by atoms with Crippen molar-refractivity contribution in [1.29, 1.82) is 0 Å². The van der Waals surface area contributed by atoms with Crippen LogP contribution in [0.25, 0.3) is 0 Å². The van der Waals surface area contributed by atoms with Crippen LogP contribution in [0.3, 0.4) is 0 Å². The van der Waals surface area contributed by atoms with Gasteiger partial charge in [0.25, 0.3) is 5.91 Å². The van der Waals surface area contributed by atoms with Crippen LogP contribution in [-0.4, -0.2) is 34.6 Å². The normalized spacial score (nSPS) is 17.2. The van der Waals surface area contributed by atoms with Crippen molar-refractivity contribution >= 4 is 11.9 Å². The molecule has 20 heavy (non-hydrogen) atoms. The first-order valence-electron chi connectivity index (χ1n) is 6.63. The van der Waals surface area contributed by atoms with E-state index < -0.39 is 11.5 Å². The van der Waals surface area contributed by atoms with Crippen molar-refractivity contribution in [2.75, 3.05) is 7.11 Å². The van der Waals surface area contributed by atoms with E-state index in [1.807, 2.05) is 0 Å². The molecular weight excluding hydrogens is 260 g/mol. The number of aromatic nitrogens is 1. The summed E-state index contributed by atoms with van der Waals surface area (Å²) in [5, 5.41) is 11.9. The van der Waals surface area contributed by atoms with E-state index in [1.165, 1.54) is 25.4 Å². The minimum Gasteiger partial charge on any atom is -0.493 e. The van der Waals surface area contributed by atoms with Gasteiger partial charge >= 0.3 is 5.97 Å². The molecule has 0 unspecified atom stereocenters. The number of esters is 1. The van der Waals surface area contributed by atoms with Crippen LogP contribution in [0.4, 0.5) is 0 Å². The fourth-order valence-corrected chi connectivity index (χ4v) is 2.54. The number of rotatable bonds is 3. The summed E-state index contributed by atoms with van der Waals surface area (Å²) in [6, 6.07) is 2.80. The Labute approximate surface area is 117 Å². The van der Waals surface area contributed by atoms with Crippen LogP contribution in [0.1, 0.15) is 42.5 Å². The first kappa shape index (κ1) is 14.3. The third-order valence-corrected chi connectivity index (χ3v) is 3.65. The molecule has 0 bridgehead atoms. The summed E-state index contributed by atoms with van der Waals surface area (Å²) in [5.41, 5.74) is -0.640. The lowest BCUT2D eigenvalue weighted by molar-refractivity contribution is -0.149. The molecule has 6 heteroatoms. The van der Waals surface area contributed by atoms with E-state index in [1.54, 1.807) is 0 Å².